The van der Waals surface area contributed by atoms with E-state index in [0.717, 1.165) is 31.6 Å². The predicted molar refractivity (Wildman–Crippen MR) is 89.8 cm³/mol. The molecule has 0 spiro atoms. The average molecular weight is 312 g/mol. The summed E-state index contributed by atoms with van der Waals surface area (Å²) in [5.74, 6) is 0.0810. The molecule has 2 heterocycles. The van der Waals surface area contributed by atoms with Crippen LogP contribution in [-0.2, 0) is 24.8 Å². The van der Waals surface area contributed by atoms with Crippen molar-refractivity contribution in [2.45, 2.75) is 32.4 Å². The van der Waals surface area contributed by atoms with E-state index in [2.05, 4.69) is 46.5 Å². The lowest BCUT2D eigenvalue weighted by atomic mass is 10.00. The van der Waals surface area contributed by atoms with Gasteiger partial charge in [-0.3, -0.25) is 14.4 Å². The van der Waals surface area contributed by atoms with Crippen molar-refractivity contribution in [3.63, 3.8) is 0 Å². The highest BCUT2D eigenvalue weighted by Crippen LogP contribution is 2.19. The highest BCUT2D eigenvalue weighted by molar-refractivity contribution is 5.78. The zero-order valence-electron chi connectivity index (χ0n) is 13.8. The van der Waals surface area contributed by atoms with Crippen LogP contribution in [0.4, 0.5) is 0 Å². The second kappa shape index (κ2) is 6.96. The van der Waals surface area contributed by atoms with Gasteiger partial charge in [-0.25, -0.2) is 0 Å². The predicted octanol–water partition coefficient (Wildman–Crippen LogP) is 2.05. The fraction of sp³-hybridized carbons (Fsp3) is 0.444. The van der Waals surface area contributed by atoms with Crippen LogP contribution < -0.4 is 5.32 Å². The Balaban J connectivity index is 1.58. The standard InChI is InChI=1S/C18H24N4O/c1-3-16(17-8-10-19-21(17)2)20-18(23)13-22-11-9-14-6-4-5-7-15(14)12-22/h4-8,10,16H,3,9,11-13H2,1-2H3,(H,20,23). The lowest BCUT2D eigenvalue weighted by molar-refractivity contribution is -0.123. The van der Waals surface area contributed by atoms with E-state index in [1.165, 1.54) is 11.1 Å². The van der Waals surface area contributed by atoms with Gasteiger partial charge in [0.1, 0.15) is 0 Å². The van der Waals surface area contributed by atoms with Crippen molar-refractivity contribution in [1.29, 1.82) is 0 Å². The van der Waals surface area contributed by atoms with Gasteiger partial charge in [0.25, 0.3) is 0 Å². The molecule has 0 fully saturated rings. The number of benzene rings is 1. The first-order valence-electron chi connectivity index (χ1n) is 8.23. The highest BCUT2D eigenvalue weighted by atomic mass is 16.2. The molecule has 1 atom stereocenters. The van der Waals surface area contributed by atoms with Gasteiger partial charge in [0.2, 0.25) is 5.91 Å². The second-order valence-electron chi connectivity index (χ2n) is 6.14. The Hall–Kier alpha value is -2.14. The number of hydrogen-bond acceptors (Lipinski definition) is 3. The number of hydrogen-bond donors (Lipinski definition) is 1. The van der Waals surface area contributed by atoms with Crippen molar-refractivity contribution >= 4 is 5.91 Å². The van der Waals surface area contributed by atoms with E-state index in [9.17, 15) is 4.79 Å². The highest BCUT2D eigenvalue weighted by Gasteiger charge is 2.20. The Morgan fingerprint density at radius 1 is 1.30 bits per heavy atom. The molecular formula is C18H24N4O. The molecule has 0 aliphatic carbocycles. The molecule has 1 aliphatic heterocycles. The third kappa shape index (κ3) is 3.62. The average Bonchev–Trinajstić information content (AvgIpc) is 2.98. The molecule has 122 valence electrons. The molecule has 5 heteroatoms. The van der Waals surface area contributed by atoms with Gasteiger partial charge in [-0.05, 0) is 30.0 Å². The number of carbonyl (C=O) groups excluding carboxylic acids is 1. The van der Waals surface area contributed by atoms with Gasteiger partial charge in [-0.2, -0.15) is 5.10 Å². The second-order valence-corrected chi connectivity index (χ2v) is 6.14. The van der Waals surface area contributed by atoms with Crippen LogP contribution in [-0.4, -0.2) is 33.7 Å². The Kier molecular flexibility index (Phi) is 4.76. The maximum atomic E-state index is 12.4. The summed E-state index contributed by atoms with van der Waals surface area (Å²) >= 11 is 0. The lowest BCUT2D eigenvalue weighted by Gasteiger charge is -2.28. The van der Waals surface area contributed by atoms with Gasteiger partial charge in [0, 0.05) is 26.3 Å². The van der Waals surface area contributed by atoms with Gasteiger partial charge in [0.15, 0.2) is 0 Å². The Morgan fingerprint density at radius 3 is 2.78 bits per heavy atom. The molecule has 0 saturated heterocycles. The monoisotopic (exact) mass is 312 g/mol. The van der Waals surface area contributed by atoms with Crippen LogP contribution in [0.15, 0.2) is 36.5 Å². The van der Waals surface area contributed by atoms with Crippen molar-refractivity contribution in [3.8, 4) is 0 Å². The van der Waals surface area contributed by atoms with Crippen LogP contribution in [0.2, 0.25) is 0 Å². The molecule has 1 unspecified atom stereocenters. The maximum absolute atomic E-state index is 12.4. The fourth-order valence-electron chi connectivity index (χ4n) is 3.24. The first kappa shape index (κ1) is 15.7. The number of amides is 1. The van der Waals surface area contributed by atoms with Crippen LogP contribution in [0.5, 0.6) is 0 Å². The molecule has 2 aromatic rings. The van der Waals surface area contributed by atoms with Crippen LogP contribution in [0.3, 0.4) is 0 Å². The quantitative estimate of drug-likeness (QED) is 0.919. The number of nitrogens with one attached hydrogen (secondary N) is 1. The third-order valence-electron chi connectivity index (χ3n) is 4.54. The molecule has 23 heavy (non-hydrogen) atoms. The summed E-state index contributed by atoms with van der Waals surface area (Å²) in [6.07, 6.45) is 3.64. The summed E-state index contributed by atoms with van der Waals surface area (Å²) < 4.78 is 1.82. The van der Waals surface area contributed by atoms with Gasteiger partial charge in [-0.1, -0.05) is 31.2 Å². The van der Waals surface area contributed by atoms with Crippen molar-refractivity contribution in [2.75, 3.05) is 13.1 Å². The minimum Gasteiger partial charge on any atom is -0.347 e. The molecule has 0 bridgehead atoms. The SMILES string of the molecule is CCC(NC(=O)CN1CCc2ccccc2C1)c1ccnn1C. The molecule has 1 aromatic heterocycles. The van der Waals surface area contributed by atoms with Gasteiger partial charge in [-0.15, -0.1) is 0 Å². The summed E-state index contributed by atoms with van der Waals surface area (Å²) in [5, 5.41) is 7.33. The summed E-state index contributed by atoms with van der Waals surface area (Å²) in [6, 6.07) is 10.5. The number of nitrogens with zero attached hydrogens (tertiary/aromatic N) is 3. The van der Waals surface area contributed by atoms with Gasteiger partial charge >= 0.3 is 0 Å². The molecule has 5 nitrogen and oxygen atoms in total. The van der Waals surface area contributed by atoms with E-state index in [4.69, 9.17) is 0 Å². The Bertz CT molecular complexity index is 679. The maximum Gasteiger partial charge on any atom is 0.234 e. The molecule has 1 N–H and O–H groups in total. The van der Waals surface area contributed by atoms with Gasteiger partial charge in [0.05, 0.1) is 18.3 Å². The number of fused-ring (bicyclic) bond motifs is 1. The molecular weight excluding hydrogens is 288 g/mol. The van der Waals surface area contributed by atoms with Crippen molar-refractivity contribution in [2.24, 2.45) is 7.05 Å². The molecule has 0 radical (unpaired) electrons. The zero-order valence-corrected chi connectivity index (χ0v) is 13.8. The van der Waals surface area contributed by atoms with E-state index < -0.39 is 0 Å². The number of aromatic nitrogens is 2. The van der Waals surface area contributed by atoms with E-state index in [1.54, 1.807) is 6.20 Å². The summed E-state index contributed by atoms with van der Waals surface area (Å²) in [7, 11) is 1.91. The van der Waals surface area contributed by atoms with E-state index >= 15 is 0 Å². The van der Waals surface area contributed by atoms with Crippen molar-refractivity contribution in [3.05, 3.63) is 53.3 Å². The summed E-state index contributed by atoms with van der Waals surface area (Å²) in [4.78, 5) is 14.6. The Morgan fingerprint density at radius 2 is 2.09 bits per heavy atom. The largest absolute Gasteiger partial charge is 0.347 e. The minimum absolute atomic E-state index is 0.0204. The van der Waals surface area contributed by atoms with Crippen molar-refractivity contribution in [1.82, 2.24) is 20.0 Å². The molecule has 1 aromatic carbocycles. The topological polar surface area (TPSA) is 50.2 Å². The van der Waals surface area contributed by atoms with Gasteiger partial charge < -0.3 is 5.32 Å². The van der Waals surface area contributed by atoms with E-state index in [0.29, 0.717) is 6.54 Å². The first-order valence-corrected chi connectivity index (χ1v) is 8.23. The smallest absolute Gasteiger partial charge is 0.234 e. The lowest BCUT2D eigenvalue weighted by Crippen LogP contribution is -2.41. The van der Waals surface area contributed by atoms with Crippen molar-refractivity contribution < 1.29 is 4.79 Å². The molecule has 0 saturated carbocycles. The fourth-order valence-corrected chi connectivity index (χ4v) is 3.24. The zero-order chi connectivity index (χ0) is 16.2. The van der Waals surface area contributed by atoms with Crippen LogP contribution >= 0.6 is 0 Å². The third-order valence-corrected chi connectivity index (χ3v) is 4.54. The van der Waals surface area contributed by atoms with E-state index in [-0.39, 0.29) is 11.9 Å². The Labute approximate surface area is 137 Å². The number of rotatable bonds is 5. The normalized spacial score (nSPS) is 15.9. The van der Waals surface area contributed by atoms with Crippen LogP contribution in [0.1, 0.15) is 36.2 Å². The summed E-state index contributed by atoms with van der Waals surface area (Å²) in [5.41, 5.74) is 3.79. The molecule has 1 amide bonds. The number of aryl methyl sites for hydroxylation is 1. The van der Waals surface area contributed by atoms with Crippen LogP contribution in [0, 0.1) is 0 Å². The summed E-state index contributed by atoms with van der Waals surface area (Å²) in [6.45, 7) is 4.32. The number of carbonyl (C=O) groups is 1. The minimum atomic E-state index is 0.0204. The molecule has 3 rings (SSSR count). The van der Waals surface area contributed by atoms with E-state index in [1.807, 2.05) is 17.8 Å². The molecule has 1 aliphatic rings. The first-order chi connectivity index (χ1) is 11.2. The van der Waals surface area contributed by atoms with Crippen LogP contribution in [0.25, 0.3) is 0 Å².